The highest BCUT2D eigenvalue weighted by Gasteiger charge is 2.24. The van der Waals surface area contributed by atoms with Crippen LogP contribution in [-0.2, 0) is 6.54 Å². The van der Waals surface area contributed by atoms with Crippen LogP contribution in [0.15, 0.2) is 24.3 Å². The summed E-state index contributed by atoms with van der Waals surface area (Å²) in [4.78, 5) is 22.9. The highest BCUT2D eigenvalue weighted by Crippen LogP contribution is 2.28. The summed E-state index contributed by atoms with van der Waals surface area (Å²) in [5.74, 6) is 0.984. The first kappa shape index (κ1) is 23.0. The van der Waals surface area contributed by atoms with Crippen LogP contribution in [0.5, 0.6) is 0 Å². The number of aryl methyl sites for hydroxylation is 1. The number of fused-ring (bicyclic) bond motifs is 2. The van der Waals surface area contributed by atoms with Gasteiger partial charge in [-0.25, -0.2) is 9.97 Å². The highest BCUT2D eigenvalue weighted by atomic mass is 16.1. The van der Waals surface area contributed by atoms with Gasteiger partial charge in [0.15, 0.2) is 5.65 Å². The van der Waals surface area contributed by atoms with Crippen LogP contribution in [0, 0.1) is 5.92 Å². The van der Waals surface area contributed by atoms with Crippen molar-refractivity contribution < 1.29 is 4.79 Å². The molecule has 3 aromatic rings. The Morgan fingerprint density at radius 1 is 1.03 bits per heavy atom. The molecule has 0 saturated carbocycles. The fourth-order valence-electron chi connectivity index (χ4n) is 4.06. The van der Waals surface area contributed by atoms with Crippen LogP contribution in [-0.4, -0.2) is 26.5 Å². The topological polar surface area (TPSA) is 85.8 Å². The van der Waals surface area contributed by atoms with E-state index in [0.29, 0.717) is 28.5 Å². The molecule has 6 nitrogen and oxygen atoms in total. The van der Waals surface area contributed by atoms with Gasteiger partial charge >= 0.3 is 0 Å². The molecule has 2 heterocycles. The molecule has 1 amide bonds. The predicted molar refractivity (Wildman–Crippen MR) is 129 cm³/mol. The minimum atomic E-state index is -0.156. The summed E-state index contributed by atoms with van der Waals surface area (Å²) >= 11 is 0. The van der Waals surface area contributed by atoms with E-state index in [-0.39, 0.29) is 11.9 Å². The number of anilines is 1. The number of para-hydroxylation sites is 2. The van der Waals surface area contributed by atoms with Gasteiger partial charge in [0, 0.05) is 12.6 Å². The molecule has 0 fully saturated rings. The van der Waals surface area contributed by atoms with Gasteiger partial charge in [-0.05, 0) is 37.8 Å². The van der Waals surface area contributed by atoms with Gasteiger partial charge in [-0.1, -0.05) is 65.0 Å². The second-order valence-electron chi connectivity index (χ2n) is 9.06. The normalized spacial score (nSPS) is 12.7. The lowest BCUT2D eigenvalue weighted by atomic mass is 10.0. The fourth-order valence-corrected chi connectivity index (χ4v) is 4.06. The van der Waals surface area contributed by atoms with Crippen LogP contribution in [0.1, 0.15) is 83.0 Å². The van der Waals surface area contributed by atoms with E-state index in [4.69, 9.17) is 15.7 Å². The maximum Gasteiger partial charge on any atom is 0.257 e. The quantitative estimate of drug-likeness (QED) is 0.388. The summed E-state index contributed by atoms with van der Waals surface area (Å²) in [6.45, 7) is 9.44. The zero-order valence-electron chi connectivity index (χ0n) is 19.4. The minimum absolute atomic E-state index is 0.0852. The zero-order chi connectivity index (χ0) is 22.4. The number of nitrogens with two attached hydrogens (primary N) is 1. The van der Waals surface area contributed by atoms with E-state index >= 15 is 0 Å². The van der Waals surface area contributed by atoms with Crippen LogP contribution in [0.25, 0.3) is 22.2 Å². The molecular weight excluding hydrogens is 386 g/mol. The summed E-state index contributed by atoms with van der Waals surface area (Å²) < 4.78 is 1.97. The molecule has 6 heteroatoms. The lowest BCUT2D eigenvalue weighted by Crippen LogP contribution is -2.33. The van der Waals surface area contributed by atoms with E-state index in [1.54, 1.807) is 0 Å². The largest absolute Gasteiger partial charge is 0.384 e. The van der Waals surface area contributed by atoms with Crippen molar-refractivity contribution in [3.05, 3.63) is 29.8 Å². The Labute approximate surface area is 185 Å². The number of amides is 1. The number of carbonyl (C=O) groups excluding carboxylic acids is 1. The molecular formula is C25H37N5O. The van der Waals surface area contributed by atoms with Gasteiger partial charge in [0.1, 0.15) is 16.9 Å². The van der Waals surface area contributed by atoms with Crippen molar-refractivity contribution >= 4 is 33.9 Å². The maximum atomic E-state index is 13.2. The third-order valence-electron chi connectivity index (χ3n) is 5.85. The van der Waals surface area contributed by atoms with Crippen molar-refractivity contribution in [3.63, 3.8) is 0 Å². The average molecular weight is 424 g/mol. The standard InChI is InChI=1S/C25H37N5O/c1-5-6-7-10-16-30-23(26)21(25(31)27-18(4)13-11-12-17(2)3)22-24(30)29-20-15-9-8-14-19(20)28-22/h8-9,14-15,17-18H,5-7,10-13,16,26H2,1-4H3,(H,27,31). The zero-order valence-corrected chi connectivity index (χ0v) is 19.4. The third-order valence-corrected chi connectivity index (χ3v) is 5.85. The van der Waals surface area contributed by atoms with E-state index in [9.17, 15) is 4.79 Å². The molecule has 3 N–H and O–H groups in total. The molecule has 168 valence electrons. The van der Waals surface area contributed by atoms with Crippen LogP contribution < -0.4 is 11.1 Å². The van der Waals surface area contributed by atoms with E-state index < -0.39 is 0 Å². The minimum Gasteiger partial charge on any atom is -0.384 e. The number of benzene rings is 1. The first-order chi connectivity index (χ1) is 14.9. The molecule has 0 aliphatic carbocycles. The van der Waals surface area contributed by atoms with Crippen molar-refractivity contribution in [2.24, 2.45) is 5.92 Å². The maximum absolute atomic E-state index is 13.2. The SMILES string of the molecule is CCCCCCn1c(N)c(C(=O)NC(C)CCCC(C)C)c2nc3ccccc3nc21. The number of nitrogens with one attached hydrogen (secondary N) is 1. The second kappa shape index (κ2) is 10.6. The molecule has 0 radical (unpaired) electrons. The summed E-state index contributed by atoms with van der Waals surface area (Å²) in [7, 11) is 0. The van der Waals surface area contributed by atoms with Crippen molar-refractivity contribution in [1.29, 1.82) is 0 Å². The molecule has 1 aromatic carbocycles. The molecule has 0 aliphatic heterocycles. The van der Waals surface area contributed by atoms with E-state index in [2.05, 4.69) is 33.0 Å². The van der Waals surface area contributed by atoms with Crippen molar-refractivity contribution in [2.75, 3.05) is 5.73 Å². The predicted octanol–water partition coefficient (Wildman–Crippen LogP) is 5.69. The van der Waals surface area contributed by atoms with Crippen LogP contribution >= 0.6 is 0 Å². The van der Waals surface area contributed by atoms with E-state index in [0.717, 1.165) is 49.7 Å². The number of unbranched alkanes of at least 4 members (excludes halogenated alkanes) is 3. The van der Waals surface area contributed by atoms with Crippen molar-refractivity contribution in [2.45, 2.75) is 85.2 Å². The monoisotopic (exact) mass is 423 g/mol. The molecule has 0 aliphatic rings. The van der Waals surface area contributed by atoms with Gasteiger partial charge < -0.3 is 15.6 Å². The number of nitrogens with zero attached hydrogens (tertiary/aromatic N) is 3. The number of nitrogen functional groups attached to an aromatic ring is 1. The molecule has 1 unspecified atom stereocenters. The molecule has 3 rings (SSSR count). The number of carbonyl (C=O) groups is 1. The first-order valence-electron chi connectivity index (χ1n) is 11.8. The second-order valence-corrected chi connectivity index (χ2v) is 9.06. The van der Waals surface area contributed by atoms with Crippen LogP contribution in [0.4, 0.5) is 5.82 Å². The van der Waals surface area contributed by atoms with Gasteiger partial charge in [-0.3, -0.25) is 4.79 Å². The lowest BCUT2D eigenvalue weighted by molar-refractivity contribution is 0.0940. The van der Waals surface area contributed by atoms with Gasteiger partial charge in [0.25, 0.3) is 5.91 Å². The summed E-state index contributed by atoms with van der Waals surface area (Å²) in [6, 6.07) is 7.84. The average Bonchev–Trinajstić information content (AvgIpc) is 2.99. The Hall–Kier alpha value is -2.63. The number of hydrogen-bond acceptors (Lipinski definition) is 4. The first-order valence-corrected chi connectivity index (χ1v) is 11.8. The lowest BCUT2D eigenvalue weighted by Gasteiger charge is -2.14. The Bertz CT molecular complexity index is 1020. The molecule has 2 aromatic heterocycles. The van der Waals surface area contributed by atoms with Gasteiger partial charge in [-0.15, -0.1) is 0 Å². The van der Waals surface area contributed by atoms with E-state index in [1.165, 1.54) is 12.8 Å². The van der Waals surface area contributed by atoms with Crippen LogP contribution in [0.2, 0.25) is 0 Å². The Balaban J connectivity index is 1.92. The Morgan fingerprint density at radius 3 is 2.42 bits per heavy atom. The van der Waals surface area contributed by atoms with Gasteiger partial charge in [0.2, 0.25) is 0 Å². The Morgan fingerprint density at radius 2 is 1.74 bits per heavy atom. The molecule has 0 saturated heterocycles. The van der Waals surface area contributed by atoms with Crippen molar-refractivity contribution in [3.8, 4) is 0 Å². The van der Waals surface area contributed by atoms with Gasteiger partial charge in [0.05, 0.1) is 11.0 Å². The highest BCUT2D eigenvalue weighted by molar-refractivity contribution is 6.10. The summed E-state index contributed by atoms with van der Waals surface area (Å²) in [6.07, 6.45) is 7.71. The smallest absolute Gasteiger partial charge is 0.257 e. The number of hydrogen-bond donors (Lipinski definition) is 2. The molecule has 0 spiro atoms. The summed E-state index contributed by atoms with van der Waals surface area (Å²) in [5.41, 5.74) is 9.88. The number of rotatable bonds is 11. The molecule has 31 heavy (non-hydrogen) atoms. The molecule has 0 bridgehead atoms. The Kier molecular flexibility index (Phi) is 7.88. The fraction of sp³-hybridized carbons (Fsp3) is 0.560. The van der Waals surface area contributed by atoms with Crippen LogP contribution in [0.3, 0.4) is 0 Å². The van der Waals surface area contributed by atoms with E-state index in [1.807, 2.05) is 28.8 Å². The number of aromatic nitrogens is 3. The van der Waals surface area contributed by atoms with Crippen molar-refractivity contribution in [1.82, 2.24) is 19.9 Å². The third kappa shape index (κ3) is 5.54. The van der Waals surface area contributed by atoms with Gasteiger partial charge in [-0.2, -0.15) is 0 Å². The summed E-state index contributed by atoms with van der Waals surface area (Å²) in [5, 5.41) is 3.14. The molecule has 1 atom stereocenters.